The SMILES string of the molecule is Cc1ccc(-c2ccc3nnc(CNC(=O)c4ccc5ccccc5n4)n3n2)cc1C. The molecule has 0 aliphatic rings. The van der Waals surface area contributed by atoms with Crippen LogP contribution in [0.1, 0.15) is 27.4 Å². The number of nitrogens with zero attached hydrogens (tertiary/aromatic N) is 5. The van der Waals surface area contributed by atoms with Crippen molar-refractivity contribution in [2.45, 2.75) is 20.4 Å². The normalized spacial score (nSPS) is 11.2. The maximum absolute atomic E-state index is 12.6. The summed E-state index contributed by atoms with van der Waals surface area (Å²) in [6.45, 7) is 4.36. The Morgan fingerprint density at radius 3 is 2.68 bits per heavy atom. The van der Waals surface area contributed by atoms with Crippen molar-refractivity contribution in [2.24, 2.45) is 0 Å². The maximum Gasteiger partial charge on any atom is 0.270 e. The second kappa shape index (κ2) is 7.60. The Morgan fingerprint density at radius 1 is 0.935 bits per heavy atom. The highest BCUT2D eigenvalue weighted by Crippen LogP contribution is 2.20. The van der Waals surface area contributed by atoms with Crippen LogP contribution in [-0.2, 0) is 6.54 Å². The number of carbonyl (C=O) groups excluding carboxylic acids is 1. The summed E-state index contributed by atoms with van der Waals surface area (Å²) in [5.41, 5.74) is 6.05. The predicted octanol–water partition coefficient (Wildman–Crippen LogP) is 3.89. The lowest BCUT2D eigenvalue weighted by atomic mass is 10.0. The van der Waals surface area contributed by atoms with Crippen LogP contribution in [-0.4, -0.2) is 30.7 Å². The molecule has 7 heteroatoms. The van der Waals surface area contributed by atoms with E-state index in [0.717, 1.165) is 22.2 Å². The lowest BCUT2D eigenvalue weighted by molar-refractivity contribution is 0.0945. The Balaban J connectivity index is 1.39. The molecule has 0 bridgehead atoms. The first-order valence-corrected chi connectivity index (χ1v) is 10.0. The molecule has 0 saturated heterocycles. The number of rotatable bonds is 4. The molecule has 1 amide bonds. The van der Waals surface area contributed by atoms with Crippen molar-refractivity contribution in [1.29, 1.82) is 0 Å². The van der Waals surface area contributed by atoms with E-state index >= 15 is 0 Å². The summed E-state index contributed by atoms with van der Waals surface area (Å²) in [5, 5.41) is 16.9. The van der Waals surface area contributed by atoms with Gasteiger partial charge >= 0.3 is 0 Å². The van der Waals surface area contributed by atoms with E-state index in [1.807, 2.05) is 48.5 Å². The topological polar surface area (TPSA) is 85.1 Å². The van der Waals surface area contributed by atoms with Gasteiger partial charge in [0.05, 0.1) is 17.8 Å². The lowest BCUT2D eigenvalue weighted by Crippen LogP contribution is -2.25. The number of aromatic nitrogens is 5. The van der Waals surface area contributed by atoms with Gasteiger partial charge in [0, 0.05) is 10.9 Å². The molecule has 0 spiro atoms. The number of aryl methyl sites for hydroxylation is 2. The monoisotopic (exact) mass is 408 g/mol. The molecule has 152 valence electrons. The van der Waals surface area contributed by atoms with Crippen molar-refractivity contribution in [1.82, 2.24) is 30.1 Å². The average Bonchev–Trinajstić information content (AvgIpc) is 3.21. The van der Waals surface area contributed by atoms with Gasteiger partial charge in [0.1, 0.15) is 5.69 Å². The molecule has 0 aliphatic heterocycles. The molecule has 1 N–H and O–H groups in total. The van der Waals surface area contributed by atoms with Crippen LogP contribution in [0.2, 0.25) is 0 Å². The van der Waals surface area contributed by atoms with E-state index in [-0.39, 0.29) is 12.5 Å². The van der Waals surface area contributed by atoms with Crippen LogP contribution >= 0.6 is 0 Å². The van der Waals surface area contributed by atoms with Gasteiger partial charge in [0.2, 0.25) is 0 Å². The van der Waals surface area contributed by atoms with Crippen molar-refractivity contribution >= 4 is 22.5 Å². The highest BCUT2D eigenvalue weighted by atomic mass is 16.1. The van der Waals surface area contributed by atoms with E-state index in [1.54, 1.807) is 10.6 Å². The molecule has 7 nitrogen and oxygen atoms in total. The van der Waals surface area contributed by atoms with Gasteiger partial charge in [-0.05, 0) is 55.3 Å². The van der Waals surface area contributed by atoms with Crippen LogP contribution in [0.5, 0.6) is 0 Å². The molecule has 0 unspecified atom stereocenters. The zero-order chi connectivity index (χ0) is 21.4. The minimum absolute atomic E-state index is 0.192. The highest BCUT2D eigenvalue weighted by Gasteiger charge is 2.13. The van der Waals surface area contributed by atoms with Gasteiger partial charge in [-0.2, -0.15) is 9.61 Å². The first-order chi connectivity index (χ1) is 15.1. The summed E-state index contributed by atoms with van der Waals surface area (Å²) >= 11 is 0. The number of pyridine rings is 1. The fourth-order valence-electron chi connectivity index (χ4n) is 3.44. The van der Waals surface area contributed by atoms with Crippen LogP contribution in [0.3, 0.4) is 0 Å². The minimum Gasteiger partial charge on any atom is -0.343 e. The quantitative estimate of drug-likeness (QED) is 0.488. The number of para-hydroxylation sites is 1. The van der Waals surface area contributed by atoms with Crippen LogP contribution in [0.4, 0.5) is 0 Å². The van der Waals surface area contributed by atoms with Gasteiger partial charge in [-0.1, -0.05) is 36.4 Å². The summed E-state index contributed by atoms with van der Waals surface area (Å²) in [7, 11) is 0. The number of hydrogen-bond donors (Lipinski definition) is 1. The fraction of sp³-hybridized carbons (Fsp3) is 0.125. The summed E-state index contributed by atoms with van der Waals surface area (Å²) in [4.78, 5) is 17.1. The van der Waals surface area contributed by atoms with Gasteiger partial charge in [0.15, 0.2) is 11.5 Å². The molecule has 3 heterocycles. The van der Waals surface area contributed by atoms with E-state index in [4.69, 9.17) is 5.10 Å². The second-order valence-corrected chi connectivity index (χ2v) is 7.48. The molecule has 2 aromatic carbocycles. The first kappa shape index (κ1) is 18.9. The Kier molecular flexibility index (Phi) is 4.63. The van der Waals surface area contributed by atoms with Crippen molar-refractivity contribution < 1.29 is 4.79 Å². The van der Waals surface area contributed by atoms with Crippen molar-refractivity contribution in [2.75, 3.05) is 0 Å². The number of benzene rings is 2. The minimum atomic E-state index is -0.271. The van der Waals surface area contributed by atoms with Crippen LogP contribution in [0.15, 0.2) is 66.7 Å². The number of amides is 1. The van der Waals surface area contributed by atoms with Crippen molar-refractivity contribution in [3.05, 3.63) is 89.4 Å². The standard InChI is InChI=1S/C24H20N6O/c1-15-7-8-18(13-16(15)2)20-11-12-22-27-28-23(30(22)29-20)14-25-24(31)21-10-9-17-5-3-4-6-19(17)26-21/h3-13H,14H2,1-2H3,(H,25,31). The third-order valence-corrected chi connectivity index (χ3v) is 5.37. The van der Waals surface area contributed by atoms with Gasteiger partial charge in [-0.25, -0.2) is 4.98 Å². The number of hydrogen-bond acceptors (Lipinski definition) is 5. The smallest absolute Gasteiger partial charge is 0.270 e. The van der Waals surface area contributed by atoms with E-state index in [0.29, 0.717) is 17.2 Å². The number of fused-ring (bicyclic) bond motifs is 2. The predicted molar refractivity (Wildman–Crippen MR) is 119 cm³/mol. The summed E-state index contributed by atoms with van der Waals surface area (Å²) < 4.78 is 1.67. The Bertz CT molecular complexity index is 1440. The molecule has 5 rings (SSSR count). The molecule has 5 aromatic rings. The van der Waals surface area contributed by atoms with Crippen molar-refractivity contribution in [3.8, 4) is 11.3 Å². The molecule has 0 aliphatic carbocycles. The molecule has 0 atom stereocenters. The largest absolute Gasteiger partial charge is 0.343 e. The molecular formula is C24H20N6O. The van der Waals surface area contributed by atoms with E-state index in [1.165, 1.54) is 11.1 Å². The maximum atomic E-state index is 12.6. The molecule has 0 radical (unpaired) electrons. The summed E-state index contributed by atoms with van der Waals surface area (Å²) in [5.74, 6) is 0.280. The third kappa shape index (κ3) is 3.61. The first-order valence-electron chi connectivity index (χ1n) is 10.0. The van der Waals surface area contributed by atoms with Gasteiger partial charge < -0.3 is 5.32 Å². The number of carbonyl (C=O) groups is 1. The molecule has 0 saturated carbocycles. The molecule has 0 fully saturated rings. The average molecular weight is 408 g/mol. The Labute approximate surface area is 178 Å². The lowest BCUT2D eigenvalue weighted by Gasteiger charge is -2.07. The van der Waals surface area contributed by atoms with Gasteiger partial charge in [-0.15, -0.1) is 10.2 Å². The Hall–Kier alpha value is -4.13. The highest BCUT2D eigenvalue weighted by molar-refractivity contribution is 5.94. The zero-order valence-corrected chi connectivity index (χ0v) is 17.2. The molecule has 3 aromatic heterocycles. The Morgan fingerprint density at radius 2 is 1.81 bits per heavy atom. The van der Waals surface area contributed by atoms with Crippen LogP contribution in [0.25, 0.3) is 27.8 Å². The number of nitrogens with one attached hydrogen (secondary N) is 1. The second-order valence-electron chi connectivity index (χ2n) is 7.48. The van der Waals surface area contributed by atoms with Gasteiger partial charge in [0.25, 0.3) is 5.91 Å². The molecular weight excluding hydrogens is 388 g/mol. The third-order valence-electron chi connectivity index (χ3n) is 5.37. The zero-order valence-electron chi connectivity index (χ0n) is 17.2. The van der Waals surface area contributed by atoms with Gasteiger partial charge in [-0.3, -0.25) is 4.79 Å². The van der Waals surface area contributed by atoms with Crippen molar-refractivity contribution in [3.63, 3.8) is 0 Å². The molecule has 31 heavy (non-hydrogen) atoms. The van der Waals surface area contributed by atoms with E-state index in [2.05, 4.69) is 46.5 Å². The summed E-state index contributed by atoms with van der Waals surface area (Å²) in [6.07, 6.45) is 0. The van der Waals surface area contributed by atoms with Crippen LogP contribution < -0.4 is 5.32 Å². The van der Waals surface area contributed by atoms with Crippen LogP contribution in [0, 0.1) is 13.8 Å². The van der Waals surface area contributed by atoms with E-state index < -0.39 is 0 Å². The van der Waals surface area contributed by atoms with E-state index in [9.17, 15) is 4.79 Å². The summed E-state index contributed by atoms with van der Waals surface area (Å²) in [6, 6.07) is 21.3. The fourth-order valence-corrected chi connectivity index (χ4v) is 3.44.